The van der Waals surface area contributed by atoms with Gasteiger partial charge in [0.05, 0.1) is 7.11 Å². The largest absolute Gasteiger partial charge is 0.497 e. The number of amides is 2. The van der Waals surface area contributed by atoms with E-state index in [1.165, 1.54) is 0 Å². The van der Waals surface area contributed by atoms with E-state index < -0.39 is 0 Å². The van der Waals surface area contributed by atoms with Crippen LogP contribution in [-0.2, 0) is 0 Å². The maximum atomic E-state index is 12.4. The van der Waals surface area contributed by atoms with Gasteiger partial charge in [-0.2, -0.15) is 0 Å². The molecule has 1 heterocycles. The van der Waals surface area contributed by atoms with E-state index in [0.717, 1.165) is 61.1 Å². The van der Waals surface area contributed by atoms with Gasteiger partial charge < -0.3 is 20.3 Å². The Morgan fingerprint density at radius 1 is 1.15 bits per heavy atom. The average Bonchev–Trinajstić information content (AvgIpc) is 3.46. The van der Waals surface area contributed by atoms with Crippen LogP contribution >= 0.6 is 0 Å². The van der Waals surface area contributed by atoms with Crippen molar-refractivity contribution in [1.29, 1.82) is 0 Å². The quantitative estimate of drug-likeness (QED) is 0.819. The van der Waals surface area contributed by atoms with Crippen molar-refractivity contribution in [3.8, 4) is 17.6 Å². The molecule has 2 aromatic carbocycles. The fourth-order valence-corrected chi connectivity index (χ4v) is 3.18. The minimum absolute atomic E-state index is 0.00362. The number of nitrogens with zero attached hydrogens (tertiary/aromatic N) is 1. The lowest BCUT2D eigenvalue weighted by Gasteiger charge is -2.28. The van der Waals surface area contributed by atoms with Gasteiger partial charge in [-0.25, -0.2) is 4.79 Å². The van der Waals surface area contributed by atoms with Crippen LogP contribution < -0.4 is 15.4 Å². The molecule has 2 amide bonds. The number of hydrogen-bond acceptors (Lipinski definition) is 3. The molecule has 0 unspecified atom stereocenters. The maximum Gasteiger partial charge on any atom is 0.318 e. The zero-order chi connectivity index (χ0) is 18.0. The van der Waals surface area contributed by atoms with Crippen molar-refractivity contribution in [2.45, 2.75) is 18.4 Å². The number of rotatable bonds is 2. The van der Waals surface area contributed by atoms with Crippen LogP contribution in [0.1, 0.15) is 18.4 Å². The first-order valence-corrected chi connectivity index (χ1v) is 9.06. The molecule has 1 aliphatic heterocycles. The average molecular weight is 349 g/mol. The van der Waals surface area contributed by atoms with Crippen LogP contribution in [0.5, 0.6) is 5.75 Å². The molecule has 0 spiro atoms. The molecule has 2 N–H and O–H groups in total. The van der Waals surface area contributed by atoms with Crippen molar-refractivity contribution in [2.75, 3.05) is 33.3 Å². The minimum Gasteiger partial charge on any atom is -0.497 e. The van der Waals surface area contributed by atoms with E-state index in [1.807, 2.05) is 29.2 Å². The van der Waals surface area contributed by atoms with Crippen LogP contribution in [0.3, 0.4) is 0 Å². The molecule has 2 fully saturated rings. The van der Waals surface area contributed by atoms with Gasteiger partial charge in [0, 0.05) is 31.7 Å². The Kier molecular flexibility index (Phi) is 4.44. The van der Waals surface area contributed by atoms with Crippen LogP contribution in [0.4, 0.5) is 4.79 Å². The summed E-state index contributed by atoms with van der Waals surface area (Å²) >= 11 is 0. The van der Waals surface area contributed by atoms with Crippen molar-refractivity contribution >= 4 is 16.8 Å². The molecule has 0 atom stereocenters. The maximum absolute atomic E-state index is 12.4. The molecule has 1 saturated heterocycles. The number of hydrogen-bond donors (Lipinski definition) is 2. The van der Waals surface area contributed by atoms with Crippen molar-refractivity contribution in [2.24, 2.45) is 0 Å². The first-order valence-electron chi connectivity index (χ1n) is 9.06. The number of benzene rings is 2. The lowest BCUT2D eigenvalue weighted by molar-refractivity contribution is 0.187. The van der Waals surface area contributed by atoms with E-state index in [4.69, 9.17) is 4.74 Å². The second-order valence-electron chi connectivity index (χ2n) is 6.93. The second-order valence-corrected chi connectivity index (χ2v) is 6.93. The Bertz CT molecular complexity index is 887. The summed E-state index contributed by atoms with van der Waals surface area (Å²) in [5, 5.41) is 8.65. The molecule has 0 bridgehead atoms. The third kappa shape index (κ3) is 3.61. The highest BCUT2D eigenvalue weighted by atomic mass is 16.5. The molecule has 1 aliphatic carbocycles. The summed E-state index contributed by atoms with van der Waals surface area (Å²) in [4.78, 5) is 14.3. The fraction of sp³-hybridized carbons (Fsp3) is 0.381. The molecule has 26 heavy (non-hydrogen) atoms. The van der Waals surface area contributed by atoms with Crippen LogP contribution in [0, 0.1) is 11.8 Å². The van der Waals surface area contributed by atoms with Gasteiger partial charge in [0.2, 0.25) is 0 Å². The van der Waals surface area contributed by atoms with Crippen LogP contribution in [0.25, 0.3) is 10.8 Å². The Labute approximate surface area is 153 Å². The summed E-state index contributed by atoms with van der Waals surface area (Å²) in [6.45, 7) is 3.22. The third-order valence-corrected chi connectivity index (χ3v) is 4.99. The number of urea groups is 1. The predicted molar refractivity (Wildman–Crippen MR) is 102 cm³/mol. The summed E-state index contributed by atoms with van der Waals surface area (Å²) in [6.07, 6.45) is 1.84. The normalized spacial score (nSPS) is 18.0. The number of carbonyl (C=O) groups is 1. The molecular weight excluding hydrogens is 326 g/mol. The predicted octanol–water partition coefficient (Wildman–Crippen LogP) is 2.35. The zero-order valence-electron chi connectivity index (χ0n) is 15.0. The Hall–Kier alpha value is -2.71. The Morgan fingerprint density at radius 2 is 1.88 bits per heavy atom. The number of carbonyl (C=O) groups excluding carboxylic acids is 1. The van der Waals surface area contributed by atoms with Crippen LogP contribution in [0.15, 0.2) is 36.4 Å². The molecule has 5 nitrogen and oxygen atoms in total. The number of ether oxygens (including phenoxy) is 1. The van der Waals surface area contributed by atoms with Gasteiger partial charge >= 0.3 is 6.03 Å². The van der Waals surface area contributed by atoms with Gasteiger partial charge in [0.25, 0.3) is 0 Å². The summed E-state index contributed by atoms with van der Waals surface area (Å²) in [5.41, 5.74) is 0.613. The standard InChI is InChI=1S/C21H23N3O2/c1-26-19-5-4-17-14-16(2-3-18(17)15-19)6-7-21(8-9-21)23-20(25)24-12-10-22-11-13-24/h2-5,14-15,22H,8-13H2,1H3,(H,23,25). The van der Waals surface area contributed by atoms with E-state index in [9.17, 15) is 4.79 Å². The smallest absolute Gasteiger partial charge is 0.318 e. The highest BCUT2D eigenvalue weighted by Gasteiger charge is 2.43. The number of fused-ring (bicyclic) bond motifs is 1. The van der Waals surface area contributed by atoms with Crippen molar-refractivity contribution in [3.05, 3.63) is 42.0 Å². The fourth-order valence-electron chi connectivity index (χ4n) is 3.18. The van der Waals surface area contributed by atoms with Crippen molar-refractivity contribution < 1.29 is 9.53 Å². The molecule has 2 aliphatic rings. The molecule has 0 radical (unpaired) electrons. The van der Waals surface area contributed by atoms with E-state index in [1.54, 1.807) is 7.11 Å². The zero-order valence-corrected chi connectivity index (χ0v) is 15.0. The number of methoxy groups -OCH3 is 1. The highest BCUT2D eigenvalue weighted by molar-refractivity contribution is 5.85. The van der Waals surface area contributed by atoms with Gasteiger partial charge in [0.15, 0.2) is 0 Å². The monoisotopic (exact) mass is 349 g/mol. The number of nitrogens with one attached hydrogen (secondary N) is 2. The van der Waals surface area contributed by atoms with Crippen LogP contribution in [-0.4, -0.2) is 49.8 Å². The summed E-state index contributed by atoms with van der Waals surface area (Å²) < 4.78 is 5.26. The van der Waals surface area contributed by atoms with Crippen molar-refractivity contribution in [3.63, 3.8) is 0 Å². The Morgan fingerprint density at radius 3 is 2.62 bits per heavy atom. The van der Waals surface area contributed by atoms with Crippen LogP contribution in [0.2, 0.25) is 0 Å². The lowest BCUT2D eigenvalue weighted by Crippen LogP contribution is -2.52. The molecule has 5 heteroatoms. The second kappa shape index (κ2) is 6.89. The minimum atomic E-state index is -0.350. The van der Waals surface area contributed by atoms with E-state index in [0.29, 0.717) is 0 Å². The summed E-state index contributed by atoms with van der Waals surface area (Å²) in [7, 11) is 1.67. The topological polar surface area (TPSA) is 53.6 Å². The summed E-state index contributed by atoms with van der Waals surface area (Å²) in [5.74, 6) is 7.40. The van der Waals surface area contributed by atoms with Gasteiger partial charge in [-0.1, -0.05) is 24.0 Å². The van der Waals surface area contributed by atoms with Gasteiger partial charge in [0.1, 0.15) is 11.3 Å². The molecule has 4 rings (SSSR count). The first-order chi connectivity index (χ1) is 12.7. The summed E-state index contributed by atoms with van der Waals surface area (Å²) in [6, 6.07) is 12.2. The van der Waals surface area contributed by atoms with Gasteiger partial charge in [-0.15, -0.1) is 0 Å². The van der Waals surface area contributed by atoms with Gasteiger partial charge in [-0.05, 0) is 47.9 Å². The third-order valence-electron chi connectivity index (χ3n) is 4.99. The lowest BCUT2D eigenvalue weighted by atomic mass is 10.1. The molecule has 1 saturated carbocycles. The first kappa shape index (κ1) is 16.7. The van der Waals surface area contributed by atoms with E-state index in [2.05, 4.69) is 34.6 Å². The van der Waals surface area contributed by atoms with Gasteiger partial charge in [-0.3, -0.25) is 0 Å². The SMILES string of the molecule is COc1ccc2cc(C#CC3(NC(=O)N4CCNCC4)CC3)ccc2c1. The number of piperazine rings is 1. The van der Waals surface area contributed by atoms with Crippen molar-refractivity contribution in [1.82, 2.24) is 15.5 Å². The van der Waals surface area contributed by atoms with E-state index >= 15 is 0 Å². The molecule has 134 valence electrons. The molecule has 0 aromatic heterocycles. The molecular formula is C21H23N3O2. The Balaban J connectivity index is 1.47. The molecule has 2 aromatic rings. The van der Waals surface area contributed by atoms with E-state index in [-0.39, 0.29) is 11.6 Å². The highest BCUT2D eigenvalue weighted by Crippen LogP contribution is 2.35.